The first-order valence-electron chi connectivity index (χ1n) is 8.48. The molecule has 0 N–H and O–H groups in total. The maximum Gasteiger partial charge on any atom is 0.217 e. The highest BCUT2D eigenvalue weighted by Crippen LogP contribution is 2.29. The second kappa shape index (κ2) is 7.09. The topological polar surface area (TPSA) is 47.1 Å². The highest BCUT2D eigenvalue weighted by atomic mass is 16.3. The minimum atomic E-state index is 0.371. The lowest BCUT2D eigenvalue weighted by atomic mass is 10.1. The third kappa shape index (κ3) is 3.24. The van der Waals surface area contributed by atoms with Gasteiger partial charge in [0.05, 0.1) is 12.3 Å². The molecule has 1 aliphatic rings. The van der Waals surface area contributed by atoms with E-state index in [1.54, 1.807) is 6.26 Å². The quantitative estimate of drug-likeness (QED) is 0.841. The van der Waals surface area contributed by atoms with Gasteiger partial charge in [0.25, 0.3) is 0 Å². The lowest BCUT2D eigenvalue weighted by Crippen LogP contribution is -2.27. The number of nitrogens with zero attached hydrogens (tertiary/aromatic N) is 4. The van der Waals surface area contributed by atoms with Crippen molar-refractivity contribution in [3.05, 3.63) is 24.2 Å². The Hall–Kier alpha value is -1.62. The fraction of sp³-hybridized carbons (Fsp3) is 0.647. The third-order valence-electron chi connectivity index (χ3n) is 4.48. The molecule has 0 spiro atoms. The van der Waals surface area contributed by atoms with Gasteiger partial charge in [-0.2, -0.15) is 0 Å². The van der Waals surface area contributed by atoms with Crippen LogP contribution >= 0.6 is 0 Å². The van der Waals surface area contributed by atoms with Crippen molar-refractivity contribution in [2.75, 3.05) is 13.6 Å². The molecule has 0 bridgehead atoms. The molecule has 120 valence electrons. The van der Waals surface area contributed by atoms with Crippen LogP contribution in [0.1, 0.15) is 57.3 Å². The Morgan fingerprint density at radius 3 is 3.00 bits per heavy atom. The Bertz CT molecular complexity index is 576. The summed E-state index contributed by atoms with van der Waals surface area (Å²) in [6, 6.07) is 4.19. The largest absolute Gasteiger partial charge is 0.461 e. The van der Waals surface area contributed by atoms with Crippen LogP contribution < -0.4 is 0 Å². The van der Waals surface area contributed by atoms with E-state index in [0.717, 1.165) is 37.5 Å². The van der Waals surface area contributed by atoms with Crippen LogP contribution in [-0.4, -0.2) is 33.3 Å². The standard InChI is InChI=1S/C17H26N4O/c1-3-4-12-21-17(14-9-6-5-7-11-20(14)2)18-16(19-21)15-10-8-13-22-15/h8,10,13-14H,3-7,9,11-12H2,1-2H3/t14-/m1/s1. The second-order valence-corrected chi connectivity index (χ2v) is 6.19. The van der Waals surface area contributed by atoms with Crippen LogP contribution in [0.15, 0.2) is 22.8 Å². The third-order valence-corrected chi connectivity index (χ3v) is 4.48. The van der Waals surface area contributed by atoms with Crippen LogP contribution in [0.3, 0.4) is 0 Å². The van der Waals surface area contributed by atoms with Crippen molar-refractivity contribution in [1.29, 1.82) is 0 Å². The van der Waals surface area contributed by atoms with E-state index in [2.05, 4.69) is 23.6 Å². The average Bonchev–Trinajstić information content (AvgIpc) is 3.13. The summed E-state index contributed by atoms with van der Waals surface area (Å²) in [7, 11) is 2.21. The zero-order valence-electron chi connectivity index (χ0n) is 13.7. The Morgan fingerprint density at radius 2 is 2.23 bits per heavy atom. The number of likely N-dealkylation sites (tertiary alicyclic amines) is 1. The number of aromatic nitrogens is 3. The molecule has 0 amide bonds. The van der Waals surface area contributed by atoms with E-state index in [0.29, 0.717) is 11.9 Å². The minimum Gasteiger partial charge on any atom is -0.461 e. The minimum absolute atomic E-state index is 0.371. The van der Waals surface area contributed by atoms with E-state index in [4.69, 9.17) is 14.5 Å². The van der Waals surface area contributed by atoms with Gasteiger partial charge in [-0.15, -0.1) is 5.10 Å². The number of hydrogen-bond acceptors (Lipinski definition) is 4. The molecule has 0 radical (unpaired) electrons. The summed E-state index contributed by atoms with van der Waals surface area (Å²) >= 11 is 0. The molecule has 1 aliphatic heterocycles. The number of unbranched alkanes of at least 4 members (excludes halogenated alkanes) is 1. The fourth-order valence-corrected chi connectivity index (χ4v) is 3.16. The molecule has 5 nitrogen and oxygen atoms in total. The fourth-order valence-electron chi connectivity index (χ4n) is 3.16. The number of furan rings is 1. The van der Waals surface area contributed by atoms with Crippen molar-refractivity contribution in [2.45, 2.75) is 58.0 Å². The molecule has 0 saturated carbocycles. The van der Waals surface area contributed by atoms with Crippen LogP contribution in [-0.2, 0) is 6.54 Å². The second-order valence-electron chi connectivity index (χ2n) is 6.19. The molecule has 22 heavy (non-hydrogen) atoms. The molecule has 0 aliphatic carbocycles. The van der Waals surface area contributed by atoms with E-state index in [1.807, 2.05) is 12.1 Å². The monoisotopic (exact) mass is 302 g/mol. The first-order chi connectivity index (χ1) is 10.8. The van der Waals surface area contributed by atoms with Crippen molar-refractivity contribution < 1.29 is 4.42 Å². The zero-order valence-corrected chi connectivity index (χ0v) is 13.7. The van der Waals surface area contributed by atoms with Crippen molar-refractivity contribution in [2.24, 2.45) is 0 Å². The smallest absolute Gasteiger partial charge is 0.217 e. The summed E-state index contributed by atoms with van der Waals surface area (Å²) in [5.41, 5.74) is 0. The molecule has 1 atom stereocenters. The van der Waals surface area contributed by atoms with Crippen LogP contribution in [0.4, 0.5) is 0 Å². The molecule has 0 aromatic carbocycles. The number of aryl methyl sites for hydroxylation is 1. The van der Waals surface area contributed by atoms with Gasteiger partial charge in [0.15, 0.2) is 5.76 Å². The van der Waals surface area contributed by atoms with Gasteiger partial charge >= 0.3 is 0 Å². The van der Waals surface area contributed by atoms with E-state index in [9.17, 15) is 0 Å². The van der Waals surface area contributed by atoms with Gasteiger partial charge in [-0.3, -0.25) is 4.90 Å². The van der Waals surface area contributed by atoms with E-state index >= 15 is 0 Å². The number of hydrogen-bond donors (Lipinski definition) is 0. The molecule has 1 saturated heterocycles. The van der Waals surface area contributed by atoms with Crippen molar-refractivity contribution in [1.82, 2.24) is 19.7 Å². The molecule has 3 rings (SSSR count). The summed E-state index contributed by atoms with van der Waals surface area (Å²) in [4.78, 5) is 7.27. The summed E-state index contributed by atoms with van der Waals surface area (Å²) in [5.74, 6) is 2.57. The SMILES string of the molecule is CCCCn1nc(-c2ccco2)nc1[C@H]1CCCCCN1C. The maximum atomic E-state index is 5.48. The predicted octanol–water partition coefficient (Wildman–Crippen LogP) is 3.89. The first kappa shape index (κ1) is 15.3. The van der Waals surface area contributed by atoms with Gasteiger partial charge < -0.3 is 4.42 Å². The van der Waals surface area contributed by atoms with Gasteiger partial charge in [-0.1, -0.05) is 26.2 Å². The van der Waals surface area contributed by atoms with Crippen molar-refractivity contribution in [3.8, 4) is 11.6 Å². The molecule has 5 heteroatoms. The zero-order chi connectivity index (χ0) is 15.4. The lowest BCUT2D eigenvalue weighted by molar-refractivity contribution is 0.232. The van der Waals surface area contributed by atoms with E-state index in [-0.39, 0.29) is 0 Å². The predicted molar refractivity (Wildman–Crippen MR) is 86.5 cm³/mol. The van der Waals surface area contributed by atoms with Gasteiger partial charge in [0.1, 0.15) is 5.82 Å². The maximum absolute atomic E-state index is 5.48. The summed E-state index contributed by atoms with van der Waals surface area (Å²) in [6.07, 6.45) is 9.00. The van der Waals surface area contributed by atoms with Gasteiger partial charge in [-0.05, 0) is 45.0 Å². The van der Waals surface area contributed by atoms with Crippen LogP contribution in [0, 0.1) is 0 Å². The number of rotatable bonds is 5. The van der Waals surface area contributed by atoms with Crippen LogP contribution in [0.5, 0.6) is 0 Å². The van der Waals surface area contributed by atoms with Gasteiger partial charge in [-0.25, -0.2) is 9.67 Å². The molecule has 0 unspecified atom stereocenters. The summed E-state index contributed by atoms with van der Waals surface area (Å²) in [6.45, 7) is 4.28. The van der Waals surface area contributed by atoms with E-state index < -0.39 is 0 Å². The Labute approximate surface area is 132 Å². The molecule has 1 fully saturated rings. The average molecular weight is 302 g/mol. The van der Waals surface area contributed by atoms with Gasteiger partial charge in [0.2, 0.25) is 5.82 Å². The van der Waals surface area contributed by atoms with E-state index in [1.165, 1.54) is 25.7 Å². The van der Waals surface area contributed by atoms with Crippen LogP contribution in [0.25, 0.3) is 11.6 Å². The molecular weight excluding hydrogens is 276 g/mol. The molecule has 3 heterocycles. The molecule has 2 aromatic rings. The summed E-state index contributed by atoms with van der Waals surface area (Å²) in [5, 5.41) is 4.72. The van der Waals surface area contributed by atoms with Crippen molar-refractivity contribution in [3.63, 3.8) is 0 Å². The molecule has 2 aromatic heterocycles. The Kier molecular flexibility index (Phi) is 4.93. The summed E-state index contributed by atoms with van der Waals surface area (Å²) < 4.78 is 7.58. The lowest BCUT2D eigenvalue weighted by Gasteiger charge is -2.25. The van der Waals surface area contributed by atoms with Crippen LogP contribution in [0.2, 0.25) is 0 Å². The Balaban J connectivity index is 1.92. The van der Waals surface area contributed by atoms with Crippen molar-refractivity contribution >= 4 is 0 Å². The van der Waals surface area contributed by atoms with Gasteiger partial charge in [0, 0.05) is 6.54 Å². The first-order valence-corrected chi connectivity index (χ1v) is 8.48. The Morgan fingerprint density at radius 1 is 1.32 bits per heavy atom. The normalized spacial score (nSPS) is 20.2. The highest BCUT2D eigenvalue weighted by molar-refractivity contribution is 5.45. The molecular formula is C17H26N4O. The highest BCUT2D eigenvalue weighted by Gasteiger charge is 2.26.